The molecule has 0 aromatic heterocycles. The lowest BCUT2D eigenvalue weighted by Crippen LogP contribution is -2.43. The number of amidine groups is 1. The zero-order valence-corrected chi connectivity index (χ0v) is 10.6. The van der Waals surface area contributed by atoms with E-state index in [2.05, 4.69) is 14.6 Å². The van der Waals surface area contributed by atoms with E-state index in [4.69, 9.17) is 10.9 Å². The quantitative estimate of drug-likeness (QED) is 0.213. The van der Waals surface area contributed by atoms with Crippen LogP contribution in [0.1, 0.15) is 27.2 Å². The normalized spacial score (nSPS) is 15.4. The molecule has 0 aliphatic carbocycles. The first-order chi connectivity index (χ1) is 7.26. The van der Waals surface area contributed by atoms with Crippen molar-refractivity contribution in [2.24, 2.45) is 16.8 Å². The molecule has 7 nitrogen and oxygen atoms in total. The second-order valence-electron chi connectivity index (χ2n) is 4.06. The second-order valence-corrected chi connectivity index (χ2v) is 5.59. The average Bonchev–Trinajstić information content (AvgIpc) is 2.13. The highest BCUT2D eigenvalue weighted by molar-refractivity contribution is 7.87. The summed E-state index contributed by atoms with van der Waals surface area (Å²) in [6.45, 7) is 5.81. The smallest absolute Gasteiger partial charge is 0.277 e. The molecule has 0 rings (SSSR count). The predicted molar refractivity (Wildman–Crippen MR) is 62.4 cm³/mol. The van der Waals surface area contributed by atoms with Crippen molar-refractivity contribution in [2.75, 3.05) is 6.54 Å². The van der Waals surface area contributed by atoms with Crippen molar-refractivity contribution in [2.45, 2.75) is 33.2 Å². The molecule has 0 aromatic carbocycles. The number of oxime groups is 1. The maximum atomic E-state index is 11.4. The minimum Gasteiger partial charge on any atom is -0.409 e. The van der Waals surface area contributed by atoms with E-state index in [1.54, 1.807) is 6.92 Å². The first-order valence-electron chi connectivity index (χ1n) is 5.00. The minimum absolute atomic E-state index is 0.0148. The maximum absolute atomic E-state index is 11.4. The SMILES string of the molecule is CC(C)CNS(=O)(=O)NC(C)CC(N)=NO. The van der Waals surface area contributed by atoms with Gasteiger partial charge in [-0.1, -0.05) is 19.0 Å². The van der Waals surface area contributed by atoms with Crippen LogP contribution in [0.4, 0.5) is 0 Å². The molecule has 0 amide bonds. The van der Waals surface area contributed by atoms with Crippen molar-refractivity contribution in [3.05, 3.63) is 0 Å². The zero-order valence-electron chi connectivity index (χ0n) is 9.77. The largest absolute Gasteiger partial charge is 0.409 e. The van der Waals surface area contributed by atoms with Crippen LogP contribution in [0, 0.1) is 5.92 Å². The molecular formula is C8H20N4O3S. The fourth-order valence-corrected chi connectivity index (χ4v) is 2.23. The molecule has 16 heavy (non-hydrogen) atoms. The summed E-state index contributed by atoms with van der Waals surface area (Å²) >= 11 is 0. The van der Waals surface area contributed by atoms with Gasteiger partial charge in [0.15, 0.2) is 0 Å². The van der Waals surface area contributed by atoms with Crippen LogP contribution < -0.4 is 15.2 Å². The van der Waals surface area contributed by atoms with Gasteiger partial charge in [0, 0.05) is 19.0 Å². The molecule has 0 radical (unpaired) electrons. The first kappa shape index (κ1) is 15.1. The van der Waals surface area contributed by atoms with Crippen LogP contribution in [0.25, 0.3) is 0 Å². The molecule has 8 heteroatoms. The van der Waals surface area contributed by atoms with Gasteiger partial charge in [-0.2, -0.15) is 13.1 Å². The fraction of sp³-hybridized carbons (Fsp3) is 0.875. The Morgan fingerprint density at radius 3 is 2.44 bits per heavy atom. The van der Waals surface area contributed by atoms with Gasteiger partial charge in [0.25, 0.3) is 10.2 Å². The second kappa shape index (κ2) is 6.66. The number of hydrogen-bond acceptors (Lipinski definition) is 4. The molecule has 0 saturated carbocycles. The van der Waals surface area contributed by atoms with Crippen molar-refractivity contribution >= 4 is 16.0 Å². The fourth-order valence-electron chi connectivity index (χ4n) is 0.979. The molecule has 0 aliphatic heterocycles. The Labute approximate surface area is 96.3 Å². The van der Waals surface area contributed by atoms with E-state index >= 15 is 0 Å². The predicted octanol–water partition coefficient (Wildman–Crippen LogP) is -0.409. The first-order valence-corrected chi connectivity index (χ1v) is 6.48. The summed E-state index contributed by atoms with van der Waals surface area (Å²) in [5.74, 6) is 0.218. The van der Waals surface area contributed by atoms with Crippen molar-refractivity contribution in [3.8, 4) is 0 Å². The lowest BCUT2D eigenvalue weighted by molar-refractivity contribution is 0.316. The number of nitrogens with two attached hydrogens (primary N) is 1. The average molecular weight is 252 g/mol. The van der Waals surface area contributed by atoms with Gasteiger partial charge in [0.2, 0.25) is 0 Å². The highest BCUT2D eigenvalue weighted by Gasteiger charge is 2.15. The number of nitrogens with one attached hydrogen (secondary N) is 2. The third-order valence-electron chi connectivity index (χ3n) is 1.68. The molecule has 0 fully saturated rings. The van der Waals surface area contributed by atoms with Gasteiger partial charge in [-0.25, -0.2) is 4.72 Å². The summed E-state index contributed by atoms with van der Waals surface area (Å²) in [6, 6.07) is -0.430. The van der Waals surface area contributed by atoms with Crippen molar-refractivity contribution < 1.29 is 13.6 Å². The molecule has 0 bridgehead atoms. The van der Waals surface area contributed by atoms with Crippen LogP contribution in [0.2, 0.25) is 0 Å². The number of nitrogens with zero attached hydrogens (tertiary/aromatic N) is 1. The summed E-state index contributed by atoms with van der Waals surface area (Å²) in [5, 5.41) is 11.1. The lowest BCUT2D eigenvalue weighted by atomic mass is 10.2. The Hall–Kier alpha value is -0.860. The van der Waals surface area contributed by atoms with E-state index in [1.165, 1.54) is 0 Å². The van der Waals surface area contributed by atoms with Gasteiger partial charge < -0.3 is 10.9 Å². The summed E-state index contributed by atoms with van der Waals surface area (Å²) in [4.78, 5) is 0. The van der Waals surface area contributed by atoms with E-state index in [0.29, 0.717) is 6.54 Å². The zero-order chi connectivity index (χ0) is 12.8. The van der Waals surface area contributed by atoms with Crippen LogP contribution in [0.5, 0.6) is 0 Å². The van der Waals surface area contributed by atoms with Gasteiger partial charge in [-0.05, 0) is 12.8 Å². The third kappa shape index (κ3) is 7.43. The van der Waals surface area contributed by atoms with Gasteiger partial charge >= 0.3 is 0 Å². The highest BCUT2D eigenvalue weighted by Crippen LogP contribution is 1.94. The van der Waals surface area contributed by atoms with E-state index in [0.717, 1.165) is 0 Å². The number of hydrogen-bond donors (Lipinski definition) is 4. The summed E-state index contributed by atoms with van der Waals surface area (Å²) in [6.07, 6.45) is 0.152. The molecule has 0 spiro atoms. The molecule has 1 unspecified atom stereocenters. The van der Waals surface area contributed by atoms with Crippen LogP contribution in [-0.2, 0) is 10.2 Å². The highest BCUT2D eigenvalue weighted by atomic mass is 32.2. The molecular weight excluding hydrogens is 232 g/mol. The molecule has 0 aliphatic rings. The van der Waals surface area contributed by atoms with E-state index in [-0.39, 0.29) is 18.2 Å². The summed E-state index contributed by atoms with van der Waals surface area (Å²) in [5.41, 5.74) is 5.26. The van der Waals surface area contributed by atoms with Crippen molar-refractivity contribution in [3.63, 3.8) is 0 Å². The van der Waals surface area contributed by atoms with E-state index in [1.807, 2.05) is 13.8 Å². The Bertz CT molecular complexity index is 326. The standard InChI is InChI=1S/C8H20N4O3S/c1-6(2)5-10-16(14,15)12-7(3)4-8(9)11-13/h6-7,10,12-13H,4-5H2,1-3H3,(H2,9,11). The Morgan fingerprint density at radius 1 is 1.44 bits per heavy atom. The van der Waals surface area contributed by atoms with Gasteiger partial charge in [0.05, 0.1) is 0 Å². The molecule has 0 heterocycles. The monoisotopic (exact) mass is 252 g/mol. The van der Waals surface area contributed by atoms with Crippen LogP contribution in [-0.4, -0.2) is 32.0 Å². The molecule has 96 valence electrons. The Balaban J connectivity index is 4.16. The third-order valence-corrected chi connectivity index (χ3v) is 2.94. The minimum atomic E-state index is -3.52. The number of rotatable bonds is 7. The molecule has 5 N–H and O–H groups in total. The summed E-state index contributed by atoms with van der Waals surface area (Å²) < 4.78 is 27.7. The van der Waals surface area contributed by atoms with E-state index in [9.17, 15) is 8.42 Å². The molecule has 0 aromatic rings. The van der Waals surface area contributed by atoms with E-state index < -0.39 is 16.3 Å². The lowest BCUT2D eigenvalue weighted by Gasteiger charge is -2.14. The van der Waals surface area contributed by atoms with Gasteiger partial charge in [0.1, 0.15) is 5.84 Å². The van der Waals surface area contributed by atoms with Crippen molar-refractivity contribution in [1.29, 1.82) is 0 Å². The van der Waals surface area contributed by atoms with Gasteiger partial charge in [-0.15, -0.1) is 0 Å². The van der Waals surface area contributed by atoms with Crippen molar-refractivity contribution in [1.82, 2.24) is 9.44 Å². The maximum Gasteiger partial charge on any atom is 0.277 e. The Morgan fingerprint density at radius 2 is 2.00 bits per heavy atom. The van der Waals surface area contributed by atoms with Crippen LogP contribution in [0.3, 0.4) is 0 Å². The van der Waals surface area contributed by atoms with Crippen LogP contribution in [0.15, 0.2) is 5.16 Å². The van der Waals surface area contributed by atoms with Gasteiger partial charge in [-0.3, -0.25) is 0 Å². The molecule has 0 saturated heterocycles. The van der Waals surface area contributed by atoms with Crippen LogP contribution >= 0.6 is 0 Å². The Kier molecular flexibility index (Phi) is 6.31. The topological polar surface area (TPSA) is 117 Å². The molecule has 1 atom stereocenters. The summed E-state index contributed by atoms with van der Waals surface area (Å²) in [7, 11) is -3.52.